The second kappa shape index (κ2) is 10.6. The summed E-state index contributed by atoms with van der Waals surface area (Å²) in [6.07, 6.45) is 0.225. The lowest BCUT2D eigenvalue weighted by atomic mass is 10.2. The molecule has 2 rings (SSSR count). The highest BCUT2D eigenvalue weighted by Crippen LogP contribution is 2.42. The molecular formula is C18H16ClN7O6. The maximum Gasteiger partial charge on any atom is 0.305 e. The van der Waals surface area contributed by atoms with Gasteiger partial charge in [-0.15, -0.1) is 10.2 Å². The summed E-state index contributed by atoms with van der Waals surface area (Å²) in [5.74, 6) is -0.121. The molecular weight excluding hydrogens is 446 g/mol. The van der Waals surface area contributed by atoms with Gasteiger partial charge in [-0.25, -0.2) is 0 Å². The third-order valence-electron chi connectivity index (χ3n) is 3.87. The molecule has 0 saturated carbocycles. The molecule has 2 aromatic carbocycles. The van der Waals surface area contributed by atoms with Crippen molar-refractivity contribution in [3.05, 3.63) is 49.5 Å². The van der Waals surface area contributed by atoms with Gasteiger partial charge < -0.3 is 15.4 Å². The molecule has 0 spiro atoms. The van der Waals surface area contributed by atoms with Crippen LogP contribution in [0.15, 0.2) is 34.5 Å². The van der Waals surface area contributed by atoms with Crippen LogP contribution in [0.25, 0.3) is 0 Å². The SMILES string of the molecule is COc1cc(N=Nc2c(Cl)cc([N+](=O)[O-])cc2[N+](=O)[O-])c(NC(C)=O)cc1NCCC#N. The third kappa shape index (κ3) is 5.86. The van der Waals surface area contributed by atoms with E-state index in [9.17, 15) is 25.0 Å². The maximum absolute atomic E-state index is 11.6. The zero-order valence-corrected chi connectivity index (χ0v) is 17.5. The number of rotatable bonds is 9. The van der Waals surface area contributed by atoms with Gasteiger partial charge in [0.05, 0.1) is 51.9 Å². The molecule has 0 aromatic heterocycles. The van der Waals surface area contributed by atoms with Crippen molar-refractivity contribution in [2.45, 2.75) is 13.3 Å². The number of amides is 1. The monoisotopic (exact) mass is 461 g/mol. The van der Waals surface area contributed by atoms with Gasteiger partial charge in [-0.2, -0.15) is 5.26 Å². The minimum absolute atomic E-state index is 0.0756. The Morgan fingerprint density at radius 1 is 1.19 bits per heavy atom. The Hall–Kier alpha value is -4.31. The van der Waals surface area contributed by atoms with Crippen molar-refractivity contribution in [3.63, 3.8) is 0 Å². The van der Waals surface area contributed by atoms with Gasteiger partial charge >= 0.3 is 5.69 Å². The molecule has 0 atom stereocenters. The molecule has 0 fully saturated rings. The zero-order valence-electron chi connectivity index (χ0n) is 16.8. The maximum atomic E-state index is 11.6. The molecule has 0 radical (unpaired) electrons. The minimum atomic E-state index is -0.870. The average molecular weight is 462 g/mol. The number of carbonyl (C=O) groups excluding carboxylic acids is 1. The quantitative estimate of drug-likeness (QED) is 0.229. The Morgan fingerprint density at radius 2 is 1.91 bits per heavy atom. The molecule has 0 unspecified atom stereocenters. The Kier molecular flexibility index (Phi) is 7.97. The average Bonchev–Trinajstić information content (AvgIpc) is 2.72. The van der Waals surface area contributed by atoms with E-state index in [1.807, 2.05) is 6.07 Å². The van der Waals surface area contributed by atoms with E-state index in [0.29, 0.717) is 18.0 Å². The van der Waals surface area contributed by atoms with Crippen molar-refractivity contribution in [2.75, 3.05) is 24.3 Å². The number of nitriles is 1. The second-order valence-electron chi connectivity index (χ2n) is 6.10. The van der Waals surface area contributed by atoms with Gasteiger partial charge in [0.15, 0.2) is 5.69 Å². The van der Waals surface area contributed by atoms with Gasteiger partial charge in [0.25, 0.3) is 5.69 Å². The number of anilines is 2. The highest BCUT2D eigenvalue weighted by molar-refractivity contribution is 6.33. The van der Waals surface area contributed by atoms with E-state index in [4.69, 9.17) is 21.6 Å². The lowest BCUT2D eigenvalue weighted by Crippen LogP contribution is -2.08. The zero-order chi connectivity index (χ0) is 23.8. The van der Waals surface area contributed by atoms with Crippen LogP contribution < -0.4 is 15.4 Å². The van der Waals surface area contributed by atoms with Crippen molar-refractivity contribution in [2.24, 2.45) is 10.2 Å². The first kappa shape index (κ1) is 24.0. The number of nitro groups is 2. The number of benzene rings is 2. The highest BCUT2D eigenvalue weighted by Gasteiger charge is 2.24. The lowest BCUT2D eigenvalue weighted by Gasteiger charge is -2.14. The Morgan fingerprint density at radius 3 is 2.47 bits per heavy atom. The number of nitrogens with one attached hydrogen (secondary N) is 2. The molecule has 1 amide bonds. The molecule has 32 heavy (non-hydrogen) atoms. The highest BCUT2D eigenvalue weighted by atomic mass is 35.5. The number of nitro benzene ring substituents is 2. The fraction of sp³-hybridized carbons (Fsp3) is 0.222. The fourth-order valence-corrected chi connectivity index (χ4v) is 2.77. The van der Waals surface area contributed by atoms with Crippen LogP contribution in [0, 0.1) is 31.6 Å². The summed E-state index contributed by atoms with van der Waals surface area (Å²) in [6.45, 7) is 1.59. The van der Waals surface area contributed by atoms with Crippen molar-refractivity contribution >= 4 is 51.6 Å². The molecule has 14 heteroatoms. The van der Waals surface area contributed by atoms with Crippen molar-refractivity contribution in [1.29, 1.82) is 5.26 Å². The number of hydrogen-bond donors (Lipinski definition) is 2. The number of azo groups is 1. The normalized spacial score (nSPS) is 10.4. The van der Waals surface area contributed by atoms with Crippen molar-refractivity contribution in [1.82, 2.24) is 0 Å². The summed E-state index contributed by atoms with van der Waals surface area (Å²) >= 11 is 5.97. The van der Waals surface area contributed by atoms with Gasteiger partial charge in [-0.1, -0.05) is 11.6 Å². The molecule has 13 nitrogen and oxygen atoms in total. The van der Waals surface area contributed by atoms with E-state index in [1.165, 1.54) is 26.2 Å². The minimum Gasteiger partial charge on any atom is -0.495 e. The number of carbonyl (C=O) groups is 1. The van der Waals surface area contributed by atoms with Crippen LogP contribution in [0.3, 0.4) is 0 Å². The van der Waals surface area contributed by atoms with Gasteiger partial charge in [-0.05, 0) is 6.07 Å². The summed E-state index contributed by atoms with van der Waals surface area (Å²) in [5.41, 5.74) is -0.949. The van der Waals surface area contributed by atoms with E-state index in [2.05, 4.69) is 20.9 Å². The smallest absolute Gasteiger partial charge is 0.305 e. The van der Waals surface area contributed by atoms with E-state index >= 15 is 0 Å². The first-order valence-corrected chi connectivity index (χ1v) is 9.20. The van der Waals surface area contributed by atoms with E-state index < -0.39 is 32.8 Å². The number of halogens is 1. The summed E-state index contributed by atoms with van der Waals surface area (Å²) in [5, 5.41) is 44.0. The molecule has 2 N–H and O–H groups in total. The van der Waals surface area contributed by atoms with Gasteiger partial charge in [0.2, 0.25) is 5.91 Å². The van der Waals surface area contributed by atoms with Crippen LogP contribution in [0.4, 0.5) is 34.1 Å². The van der Waals surface area contributed by atoms with Gasteiger partial charge in [-0.3, -0.25) is 25.0 Å². The molecule has 0 heterocycles. The number of hydrogen-bond acceptors (Lipinski definition) is 10. The molecule has 0 bridgehead atoms. The molecule has 2 aromatic rings. The summed E-state index contributed by atoms with van der Waals surface area (Å²) in [7, 11) is 1.39. The molecule has 0 saturated heterocycles. The number of non-ortho nitro benzene ring substituents is 1. The van der Waals surface area contributed by atoms with E-state index in [1.54, 1.807) is 0 Å². The predicted octanol–water partition coefficient (Wildman–Crippen LogP) is 4.86. The Labute approximate surface area is 186 Å². The number of methoxy groups -OCH3 is 1. The molecule has 0 aliphatic heterocycles. The van der Waals surface area contributed by atoms with E-state index in [-0.39, 0.29) is 22.8 Å². The first-order chi connectivity index (χ1) is 15.2. The molecule has 0 aliphatic carbocycles. The van der Waals surface area contributed by atoms with Crippen LogP contribution in [0.5, 0.6) is 5.75 Å². The molecule has 166 valence electrons. The Bertz CT molecular complexity index is 1150. The van der Waals surface area contributed by atoms with Crippen molar-refractivity contribution < 1.29 is 19.4 Å². The van der Waals surface area contributed by atoms with Crippen LogP contribution in [0.2, 0.25) is 5.02 Å². The Balaban J connectivity index is 2.58. The first-order valence-electron chi connectivity index (χ1n) is 8.82. The van der Waals surface area contributed by atoms with E-state index in [0.717, 1.165) is 12.1 Å². The third-order valence-corrected chi connectivity index (χ3v) is 4.16. The topological polar surface area (TPSA) is 185 Å². The fourth-order valence-electron chi connectivity index (χ4n) is 2.52. The summed E-state index contributed by atoms with van der Waals surface area (Å²) in [4.78, 5) is 32.2. The van der Waals surface area contributed by atoms with Gasteiger partial charge in [0, 0.05) is 25.6 Å². The summed E-state index contributed by atoms with van der Waals surface area (Å²) in [6, 6.07) is 6.53. The standard InChI is InChI=1S/C18H16ClN7O6/c1-10(27)22-13-8-15(21-5-3-4-20)17(32-2)9-14(13)23-24-18-12(19)6-11(25(28)29)7-16(18)26(30)31/h6-9,21H,3,5H2,1-2H3,(H,22,27). The number of nitrogens with zero attached hydrogens (tertiary/aromatic N) is 5. The van der Waals surface area contributed by atoms with Crippen molar-refractivity contribution in [3.8, 4) is 11.8 Å². The van der Waals surface area contributed by atoms with Crippen LogP contribution in [0.1, 0.15) is 13.3 Å². The van der Waals surface area contributed by atoms with Crippen LogP contribution >= 0.6 is 11.6 Å². The second-order valence-corrected chi connectivity index (χ2v) is 6.50. The predicted molar refractivity (Wildman–Crippen MR) is 115 cm³/mol. The van der Waals surface area contributed by atoms with Gasteiger partial charge in [0.1, 0.15) is 11.4 Å². The van der Waals surface area contributed by atoms with Crippen LogP contribution in [-0.4, -0.2) is 29.4 Å². The number of ether oxygens (including phenoxy) is 1. The van der Waals surface area contributed by atoms with Crippen LogP contribution in [-0.2, 0) is 4.79 Å². The summed E-state index contributed by atoms with van der Waals surface area (Å²) < 4.78 is 5.29. The molecule has 0 aliphatic rings. The largest absolute Gasteiger partial charge is 0.495 e. The lowest BCUT2D eigenvalue weighted by molar-refractivity contribution is -0.393.